The van der Waals surface area contributed by atoms with Gasteiger partial charge in [0.1, 0.15) is 11.5 Å². The van der Waals surface area contributed by atoms with Gasteiger partial charge in [-0.2, -0.15) is 0 Å². The zero-order chi connectivity index (χ0) is 15.4. The van der Waals surface area contributed by atoms with Gasteiger partial charge in [0.15, 0.2) is 11.6 Å². The van der Waals surface area contributed by atoms with Crippen molar-refractivity contribution in [3.63, 3.8) is 0 Å². The van der Waals surface area contributed by atoms with Gasteiger partial charge >= 0.3 is 0 Å². The number of methoxy groups -OCH3 is 2. The van der Waals surface area contributed by atoms with Crippen LogP contribution in [-0.2, 0) is 6.42 Å². The van der Waals surface area contributed by atoms with Crippen molar-refractivity contribution in [2.45, 2.75) is 12.5 Å². The van der Waals surface area contributed by atoms with Crippen LogP contribution in [-0.4, -0.2) is 19.3 Å². The highest BCUT2D eigenvalue weighted by molar-refractivity contribution is 5.39. The predicted octanol–water partition coefficient (Wildman–Crippen LogP) is 3.26. The molecule has 0 aliphatic carbocycles. The van der Waals surface area contributed by atoms with Crippen molar-refractivity contribution < 1.29 is 23.4 Å². The molecule has 5 heteroatoms. The van der Waals surface area contributed by atoms with Crippen molar-refractivity contribution in [2.75, 3.05) is 14.2 Å². The average Bonchev–Trinajstić information content (AvgIpc) is 2.50. The molecule has 2 rings (SSSR count). The molecule has 112 valence electrons. The van der Waals surface area contributed by atoms with Crippen molar-refractivity contribution in [2.24, 2.45) is 0 Å². The molecule has 2 aromatic carbocycles. The van der Waals surface area contributed by atoms with E-state index in [1.807, 2.05) is 0 Å². The van der Waals surface area contributed by atoms with Crippen LogP contribution < -0.4 is 9.47 Å². The van der Waals surface area contributed by atoms with Crippen molar-refractivity contribution >= 4 is 0 Å². The number of aliphatic hydroxyl groups excluding tert-OH is 1. The van der Waals surface area contributed by atoms with Crippen LogP contribution in [0.15, 0.2) is 36.4 Å². The summed E-state index contributed by atoms with van der Waals surface area (Å²) in [4.78, 5) is 0. The number of ether oxygens (including phenoxy) is 2. The third-order valence-corrected chi connectivity index (χ3v) is 3.17. The lowest BCUT2D eigenvalue weighted by atomic mass is 10.0. The normalized spacial score (nSPS) is 12.0. The van der Waals surface area contributed by atoms with Gasteiger partial charge in [-0.25, -0.2) is 8.78 Å². The fourth-order valence-corrected chi connectivity index (χ4v) is 2.03. The van der Waals surface area contributed by atoms with E-state index in [4.69, 9.17) is 9.47 Å². The molecule has 0 fully saturated rings. The van der Waals surface area contributed by atoms with Gasteiger partial charge < -0.3 is 14.6 Å². The molecule has 3 nitrogen and oxygen atoms in total. The van der Waals surface area contributed by atoms with Gasteiger partial charge in [-0.05, 0) is 35.4 Å². The van der Waals surface area contributed by atoms with Crippen LogP contribution in [0.5, 0.6) is 11.5 Å². The number of benzene rings is 2. The minimum atomic E-state index is -0.928. The second kappa shape index (κ2) is 6.54. The number of halogens is 2. The largest absolute Gasteiger partial charge is 0.497 e. The fraction of sp³-hybridized carbons (Fsp3) is 0.250. The average molecular weight is 294 g/mol. The summed E-state index contributed by atoms with van der Waals surface area (Å²) in [7, 11) is 3.03. The Morgan fingerprint density at radius 1 is 0.952 bits per heavy atom. The van der Waals surface area contributed by atoms with Crippen LogP contribution in [0.3, 0.4) is 0 Å². The van der Waals surface area contributed by atoms with Crippen LogP contribution >= 0.6 is 0 Å². The molecule has 0 aliphatic heterocycles. The van der Waals surface area contributed by atoms with E-state index in [0.29, 0.717) is 22.6 Å². The highest BCUT2D eigenvalue weighted by Crippen LogP contribution is 2.28. The zero-order valence-corrected chi connectivity index (χ0v) is 11.8. The minimum Gasteiger partial charge on any atom is -0.497 e. The first-order valence-electron chi connectivity index (χ1n) is 6.38. The van der Waals surface area contributed by atoms with Crippen LogP contribution in [0, 0.1) is 11.6 Å². The first-order valence-corrected chi connectivity index (χ1v) is 6.38. The molecule has 1 atom stereocenters. The van der Waals surface area contributed by atoms with Gasteiger partial charge in [0.25, 0.3) is 0 Å². The third-order valence-electron chi connectivity index (χ3n) is 3.17. The van der Waals surface area contributed by atoms with Gasteiger partial charge in [0.2, 0.25) is 0 Å². The molecule has 1 N–H and O–H groups in total. The summed E-state index contributed by atoms with van der Waals surface area (Å²) >= 11 is 0. The van der Waals surface area contributed by atoms with Crippen molar-refractivity contribution in [3.8, 4) is 11.5 Å². The van der Waals surface area contributed by atoms with Gasteiger partial charge in [-0.1, -0.05) is 6.07 Å². The second-order valence-electron chi connectivity index (χ2n) is 4.61. The smallest absolute Gasteiger partial charge is 0.159 e. The lowest BCUT2D eigenvalue weighted by Crippen LogP contribution is -2.03. The number of aliphatic hydroxyl groups is 1. The van der Waals surface area contributed by atoms with E-state index < -0.39 is 17.7 Å². The molecular weight excluding hydrogens is 278 g/mol. The Labute approximate surface area is 121 Å². The number of hydrogen-bond donors (Lipinski definition) is 1. The van der Waals surface area contributed by atoms with E-state index in [9.17, 15) is 13.9 Å². The van der Waals surface area contributed by atoms with Crippen LogP contribution in [0.25, 0.3) is 0 Å². The SMILES string of the molecule is COc1cc(OC)cc(C(O)Cc2ccc(F)c(F)c2)c1. The monoisotopic (exact) mass is 294 g/mol. The topological polar surface area (TPSA) is 38.7 Å². The summed E-state index contributed by atoms with van der Waals surface area (Å²) in [5.41, 5.74) is 1.08. The summed E-state index contributed by atoms with van der Waals surface area (Å²) in [5, 5.41) is 10.2. The van der Waals surface area contributed by atoms with E-state index in [1.54, 1.807) is 18.2 Å². The Kier molecular flexibility index (Phi) is 4.75. The molecule has 0 saturated heterocycles. The molecule has 0 spiro atoms. The van der Waals surface area contributed by atoms with E-state index in [1.165, 1.54) is 20.3 Å². The van der Waals surface area contributed by atoms with E-state index in [0.717, 1.165) is 12.1 Å². The quantitative estimate of drug-likeness (QED) is 0.920. The lowest BCUT2D eigenvalue weighted by molar-refractivity contribution is 0.177. The summed E-state index contributed by atoms with van der Waals surface area (Å²) in [6.07, 6.45) is -0.716. The van der Waals surface area contributed by atoms with Gasteiger partial charge in [0.05, 0.1) is 20.3 Å². The Bertz CT molecular complexity index is 607. The molecular formula is C16H16F2O3. The Balaban J connectivity index is 2.22. The van der Waals surface area contributed by atoms with Crippen LogP contribution in [0.4, 0.5) is 8.78 Å². The maximum absolute atomic E-state index is 13.2. The van der Waals surface area contributed by atoms with Crippen molar-refractivity contribution in [1.82, 2.24) is 0 Å². The first kappa shape index (κ1) is 15.3. The zero-order valence-electron chi connectivity index (χ0n) is 11.8. The molecule has 1 unspecified atom stereocenters. The lowest BCUT2D eigenvalue weighted by Gasteiger charge is -2.14. The molecule has 0 radical (unpaired) electrons. The molecule has 2 aromatic rings. The number of hydrogen-bond acceptors (Lipinski definition) is 3. The Morgan fingerprint density at radius 3 is 2.10 bits per heavy atom. The van der Waals surface area contributed by atoms with Crippen LogP contribution in [0.1, 0.15) is 17.2 Å². The second-order valence-corrected chi connectivity index (χ2v) is 4.61. The van der Waals surface area contributed by atoms with Gasteiger partial charge in [0, 0.05) is 12.5 Å². The molecule has 0 bridgehead atoms. The molecule has 21 heavy (non-hydrogen) atoms. The maximum Gasteiger partial charge on any atom is 0.159 e. The summed E-state index contributed by atoms with van der Waals surface area (Å²) in [6.45, 7) is 0. The number of rotatable bonds is 5. The highest BCUT2D eigenvalue weighted by atomic mass is 19.2. The van der Waals surface area contributed by atoms with Crippen molar-refractivity contribution in [3.05, 3.63) is 59.2 Å². The minimum absolute atomic E-state index is 0.160. The molecule has 0 heterocycles. The van der Waals surface area contributed by atoms with Crippen LogP contribution in [0.2, 0.25) is 0 Å². The standard InChI is InChI=1S/C16H16F2O3/c1-20-12-7-11(8-13(9-12)21-2)16(19)6-10-3-4-14(17)15(18)5-10/h3-5,7-9,16,19H,6H2,1-2H3. The van der Waals surface area contributed by atoms with E-state index in [2.05, 4.69) is 0 Å². The summed E-state index contributed by atoms with van der Waals surface area (Å²) in [5.74, 6) is -0.735. The first-order chi connectivity index (χ1) is 10.0. The Hall–Kier alpha value is -2.14. The maximum atomic E-state index is 13.2. The van der Waals surface area contributed by atoms with E-state index in [-0.39, 0.29) is 6.42 Å². The third kappa shape index (κ3) is 3.70. The molecule has 0 aromatic heterocycles. The highest BCUT2D eigenvalue weighted by Gasteiger charge is 2.13. The summed E-state index contributed by atoms with van der Waals surface area (Å²) in [6, 6.07) is 8.60. The van der Waals surface area contributed by atoms with Gasteiger partial charge in [-0.15, -0.1) is 0 Å². The molecule has 0 saturated carbocycles. The van der Waals surface area contributed by atoms with Crippen molar-refractivity contribution in [1.29, 1.82) is 0 Å². The predicted molar refractivity (Wildman–Crippen MR) is 74.6 cm³/mol. The molecule has 0 aliphatic rings. The summed E-state index contributed by atoms with van der Waals surface area (Å²) < 4.78 is 36.3. The molecule has 0 amide bonds. The van der Waals surface area contributed by atoms with E-state index >= 15 is 0 Å². The fourth-order valence-electron chi connectivity index (χ4n) is 2.03. The van der Waals surface area contributed by atoms with Gasteiger partial charge in [-0.3, -0.25) is 0 Å². The Morgan fingerprint density at radius 2 is 1.57 bits per heavy atom.